The molecule has 0 radical (unpaired) electrons. The van der Waals surface area contributed by atoms with Gasteiger partial charge in [-0.3, -0.25) is 4.79 Å². The van der Waals surface area contributed by atoms with Crippen LogP contribution < -0.4 is 10.1 Å². The predicted molar refractivity (Wildman–Crippen MR) is 101 cm³/mol. The summed E-state index contributed by atoms with van der Waals surface area (Å²) in [4.78, 5) is 27.6. The van der Waals surface area contributed by atoms with Gasteiger partial charge in [-0.05, 0) is 29.4 Å². The van der Waals surface area contributed by atoms with Gasteiger partial charge >= 0.3 is 0 Å². The van der Waals surface area contributed by atoms with Crippen molar-refractivity contribution in [2.45, 2.75) is 19.6 Å². The van der Waals surface area contributed by atoms with Crippen LogP contribution in [0, 0.1) is 16.4 Å². The third kappa shape index (κ3) is 4.99. The van der Waals surface area contributed by atoms with Crippen LogP contribution in [0.3, 0.4) is 0 Å². The second-order valence-corrected chi connectivity index (χ2v) is 11.1. The van der Waals surface area contributed by atoms with Crippen molar-refractivity contribution in [1.29, 1.82) is 0 Å². The molecule has 1 aromatic heterocycles. The molecule has 6 nitrogen and oxygen atoms in total. The highest BCUT2D eigenvalue weighted by Gasteiger charge is 2.17. The quantitative estimate of drug-likeness (QED) is 0.512. The Bertz CT molecular complexity index is 847. The molecule has 0 bridgehead atoms. The fourth-order valence-electron chi connectivity index (χ4n) is 1.95. The van der Waals surface area contributed by atoms with E-state index in [9.17, 15) is 9.70 Å². The molecule has 1 heterocycles. The van der Waals surface area contributed by atoms with E-state index in [0.717, 1.165) is 5.56 Å². The highest BCUT2D eigenvalue weighted by Crippen LogP contribution is 2.31. The average Bonchev–Trinajstić information content (AvgIpc) is 2.59. The number of methoxy groups -OCH3 is 1. The zero-order chi connectivity index (χ0) is 18.4. The molecule has 2 rings (SSSR count). The number of nitrogens with one attached hydrogen (secondary N) is 1. The molecule has 0 unspecified atom stereocenters. The van der Waals surface area contributed by atoms with E-state index in [1.807, 2.05) is 0 Å². The third-order valence-electron chi connectivity index (χ3n) is 3.14. The van der Waals surface area contributed by atoms with Gasteiger partial charge in [-0.2, -0.15) is 0 Å². The van der Waals surface area contributed by atoms with Crippen molar-refractivity contribution < 1.29 is 9.53 Å². The first-order valence-electron chi connectivity index (χ1n) is 7.65. The highest BCUT2D eigenvalue weighted by molar-refractivity contribution is 6.83. The molecule has 1 aromatic carbocycles. The first-order valence-corrected chi connectivity index (χ1v) is 11.1. The van der Waals surface area contributed by atoms with Crippen LogP contribution in [0.4, 0.5) is 11.5 Å². The van der Waals surface area contributed by atoms with Crippen LogP contribution in [-0.4, -0.2) is 26.1 Å². The van der Waals surface area contributed by atoms with E-state index in [1.165, 1.54) is 13.2 Å². The zero-order valence-corrected chi connectivity index (χ0v) is 15.6. The SMILES string of the molecule is COc1cccc(C(=O)Nc2ccc(C#C[Si](C)(C)C)cn2)c1N=O. The zero-order valence-electron chi connectivity index (χ0n) is 14.6. The Morgan fingerprint density at radius 2 is 2.00 bits per heavy atom. The van der Waals surface area contributed by atoms with Gasteiger partial charge in [-0.15, -0.1) is 10.5 Å². The van der Waals surface area contributed by atoms with E-state index in [0.29, 0.717) is 5.82 Å². The summed E-state index contributed by atoms with van der Waals surface area (Å²) >= 11 is 0. The number of rotatable bonds is 4. The molecule has 0 fully saturated rings. The number of aromatic nitrogens is 1. The number of nitroso groups, excluding NO2 is 1. The van der Waals surface area contributed by atoms with Gasteiger partial charge in [0.25, 0.3) is 5.91 Å². The van der Waals surface area contributed by atoms with Crippen molar-refractivity contribution in [2.24, 2.45) is 5.18 Å². The highest BCUT2D eigenvalue weighted by atomic mass is 28.3. The molecule has 2 aromatic rings. The summed E-state index contributed by atoms with van der Waals surface area (Å²) in [5, 5.41) is 5.53. The minimum atomic E-state index is -1.45. The predicted octanol–water partition coefficient (Wildman–Crippen LogP) is 3.97. The van der Waals surface area contributed by atoms with Gasteiger partial charge in [0.2, 0.25) is 0 Å². The van der Waals surface area contributed by atoms with Crippen LogP contribution in [0.25, 0.3) is 0 Å². The van der Waals surface area contributed by atoms with Crippen molar-refractivity contribution in [3.8, 4) is 17.2 Å². The first kappa shape index (κ1) is 18.4. The van der Waals surface area contributed by atoms with E-state index in [1.54, 1.807) is 30.5 Å². The van der Waals surface area contributed by atoms with Crippen molar-refractivity contribution in [1.82, 2.24) is 4.98 Å². The number of hydrogen-bond donors (Lipinski definition) is 1. The van der Waals surface area contributed by atoms with Gasteiger partial charge in [0.05, 0.1) is 12.7 Å². The molecule has 0 aliphatic heterocycles. The maximum Gasteiger partial charge on any atom is 0.259 e. The van der Waals surface area contributed by atoms with E-state index in [2.05, 4.69) is 46.6 Å². The number of carbonyl (C=O) groups excluding carboxylic acids is 1. The lowest BCUT2D eigenvalue weighted by Gasteiger charge is -2.08. The van der Waals surface area contributed by atoms with Crippen molar-refractivity contribution in [2.75, 3.05) is 12.4 Å². The standard InChI is InChI=1S/C18H19N3O3Si/c1-24-15-7-5-6-14(17(15)21-23)18(22)20-16-9-8-13(12-19-16)10-11-25(2,3)4/h5-9,12H,1-4H3,(H,19,20,22). The van der Waals surface area contributed by atoms with Crippen molar-refractivity contribution in [3.63, 3.8) is 0 Å². The third-order valence-corrected chi connectivity index (χ3v) is 4.02. The van der Waals surface area contributed by atoms with Crippen LogP contribution in [0.2, 0.25) is 19.6 Å². The summed E-state index contributed by atoms with van der Waals surface area (Å²) in [6, 6.07) is 8.14. The lowest BCUT2D eigenvalue weighted by molar-refractivity contribution is 0.102. The topological polar surface area (TPSA) is 80.7 Å². The molecule has 0 saturated carbocycles. The Hall–Kier alpha value is -2.98. The summed E-state index contributed by atoms with van der Waals surface area (Å²) < 4.78 is 5.05. The monoisotopic (exact) mass is 353 g/mol. The van der Waals surface area contributed by atoms with Crippen LogP contribution in [0.1, 0.15) is 15.9 Å². The number of ether oxygens (including phenoxy) is 1. The van der Waals surface area contributed by atoms with Gasteiger partial charge in [0.1, 0.15) is 19.6 Å². The molecule has 0 spiro atoms. The van der Waals surface area contributed by atoms with Gasteiger partial charge in [0, 0.05) is 11.8 Å². The minimum absolute atomic E-state index is 0.0416. The molecule has 7 heteroatoms. The maximum atomic E-state index is 12.4. The maximum absolute atomic E-state index is 12.4. The average molecular weight is 353 g/mol. The second-order valence-electron chi connectivity index (χ2n) is 6.33. The van der Waals surface area contributed by atoms with Crippen molar-refractivity contribution in [3.05, 3.63) is 52.6 Å². The lowest BCUT2D eigenvalue weighted by atomic mass is 10.1. The summed E-state index contributed by atoms with van der Waals surface area (Å²) in [7, 11) is -0.0439. The van der Waals surface area contributed by atoms with Gasteiger partial charge in [-0.25, -0.2) is 4.98 Å². The molecule has 0 aliphatic carbocycles. The number of anilines is 1. The fraction of sp³-hybridized carbons (Fsp3) is 0.222. The Morgan fingerprint density at radius 1 is 1.24 bits per heavy atom. The Kier molecular flexibility index (Phi) is 5.67. The number of amides is 1. The second kappa shape index (κ2) is 7.72. The smallest absolute Gasteiger partial charge is 0.259 e. The lowest BCUT2D eigenvalue weighted by Crippen LogP contribution is -2.16. The van der Waals surface area contributed by atoms with E-state index < -0.39 is 14.0 Å². The van der Waals surface area contributed by atoms with Crippen LogP contribution in [0.15, 0.2) is 41.7 Å². The number of pyridine rings is 1. The van der Waals surface area contributed by atoms with Gasteiger partial charge < -0.3 is 10.1 Å². The minimum Gasteiger partial charge on any atom is -0.494 e. The Labute approximate surface area is 147 Å². The summed E-state index contributed by atoms with van der Waals surface area (Å²) in [6.45, 7) is 6.48. The fourth-order valence-corrected chi connectivity index (χ4v) is 2.47. The number of hydrogen-bond acceptors (Lipinski definition) is 5. The molecular weight excluding hydrogens is 334 g/mol. The van der Waals surface area contributed by atoms with E-state index in [4.69, 9.17) is 4.74 Å². The first-order chi connectivity index (χ1) is 11.8. The van der Waals surface area contributed by atoms with Crippen LogP contribution in [-0.2, 0) is 0 Å². The van der Waals surface area contributed by atoms with Gasteiger partial charge in [0.15, 0.2) is 5.69 Å². The largest absolute Gasteiger partial charge is 0.494 e. The molecule has 1 N–H and O–H groups in total. The Balaban J connectivity index is 2.19. The Morgan fingerprint density at radius 3 is 2.56 bits per heavy atom. The van der Waals surface area contributed by atoms with E-state index in [-0.39, 0.29) is 17.0 Å². The van der Waals surface area contributed by atoms with E-state index >= 15 is 0 Å². The van der Waals surface area contributed by atoms with Crippen LogP contribution >= 0.6 is 0 Å². The summed E-state index contributed by atoms with van der Waals surface area (Å²) in [5.41, 5.74) is 4.12. The molecule has 0 atom stereocenters. The molecule has 0 saturated heterocycles. The number of benzene rings is 1. The normalized spacial score (nSPS) is 10.4. The number of nitrogens with zero attached hydrogens (tertiary/aromatic N) is 2. The summed E-state index contributed by atoms with van der Waals surface area (Å²) in [5.74, 6) is 3.22. The molecule has 128 valence electrons. The molecular formula is C18H19N3O3Si. The van der Waals surface area contributed by atoms with Crippen LogP contribution in [0.5, 0.6) is 5.75 Å². The molecule has 25 heavy (non-hydrogen) atoms. The van der Waals surface area contributed by atoms with Gasteiger partial charge in [-0.1, -0.05) is 31.6 Å². The molecule has 0 aliphatic rings. The number of carbonyl (C=O) groups is 1. The molecule has 1 amide bonds. The summed E-state index contributed by atoms with van der Waals surface area (Å²) in [6.07, 6.45) is 1.60. The van der Waals surface area contributed by atoms with Crippen molar-refractivity contribution >= 4 is 25.5 Å².